The van der Waals surface area contributed by atoms with Crippen LogP contribution < -0.4 is 0 Å². The van der Waals surface area contributed by atoms with Gasteiger partial charge in [0.25, 0.3) is 5.91 Å². The number of carboxylic acids is 1. The van der Waals surface area contributed by atoms with Crippen LogP contribution in [0, 0.1) is 13.8 Å². The Labute approximate surface area is 104 Å². The third-order valence-corrected chi connectivity index (χ3v) is 3.10. The molecule has 1 aromatic heterocycles. The van der Waals surface area contributed by atoms with Gasteiger partial charge in [0.15, 0.2) is 0 Å². The molecule has 0 radical (unpaired) electrons. The smallest absolute Gasteiger partial charge is 0.326 e. The number of carbonyl (C=O) groups excluding carboxylic acids is 1. The first-order chi connectivity index (χ1) is 8.40. The second-order valence-corrected chi connectivity index (χ2v) is 4.53. The van der Waals surface area contributed by atoms with Crippen molar-refractivity contribution in [2.24, 2.45) is 0 Å². The SMILES string of the molecule is Cc1cc(C(=O)N2C[C@@H](O)C[C@H]2C(=O)O)c(C)o1. The predicted octanol–water partition coefficient (Wildman–Crippen LogP) is 0.556. The first-order valence-corrected chi connectivity index (χ1v) is 5.69. The van der Waals surface area contributed by atoms with Gasteiger partial charge < -0.3 is 19.5 Å². The van der Waals surface area contributed by atoms with Gasteiger partial charge in [0.05, 0.1) is 11.7 Å². The Hall–Kier alpha value is -1.82. The van der Waals surface area contributed by atoms with Gasteiger partial charge in [-0.3, -0.25) is 4.79 Å². The van der Waals surface area contributed by atoms with E-state index in [0.717, 1.165) is 0 Å². The molecule has 2 rings (SSSR count). The van der Waals surface area contributed by atoms with E-state index >= 15 is 0 Å². The highest BCUT2D eigenvalue weighted by Gasteiger charge is 2.40. The number of nitrogens with zero attached hydrogens (tertiary/aromatic N) is 1. The number of furan rings is 1. The molecule has 1 aliphatic heterocycles. The van der Waals surface area contributed by atoms with E-state index in [1.54, 1.807) is 19.9 Å². The van der Waals surface area contributed by atoms with E-state index in [4.69, 9.17) is 9.52 Å². The number of rotatable bonds is 2. The van der Waals surface area contributed by atoms with Crippen LogP contribution in [-0.4, -0.2) is 45.7 Å². The molecule has 18 heavy (non-hydrogen) atoms. The van der Waals surface area contributed by atoms with Crippen LogP contribution in [0.1, 0.15) is 28.3 Å². The van der Waals surface area contributed by atoms with Gasteiger partial charge in [-0.1, -0.05) is 0 Å². The molecule has 1 saturated heterocycles. The normalized spacial score (nSPS) is 23.4. The van der Waals surface area contributed by atoms with Gasteiger partial charge in [-0.15, -0.1) is 0 Å². The van der Waals surface area contributed by atoms with Gasteiger partial charge in [0.2, 0.25) is 0 Å². The Kier molecular flexibility index (Phi) is 3.13. The topological polar surface area (TPSA) is 91.0 Å². The molecule has 1 aromatic rings. The maximum atomic E-state index is 12.2. The molecule has 6 nitrogen and oxygen atoms in total. The molecule has 0 spiro atoms. The fourth-order valence-corrected chi connectivity index (χ4v) is 2.27. The van der Waals surface area contributed by atoms with E-state index in [1.807, 2.05) is 0 Å². The Morgan fingerprint density at radius 1 is 1.44 bits per heavy atom. The Balaban J connectivity index is 2.28. The number of aliphatic hydroxyl groups is 1. The van der Waals surface area contributed by atoms with E-state index in [9.17, 15) is 14.7 Å². The van der Waals surface area contributed by atoms with Crippen LogP contribution in [0.15, 0.2) is 10.5 Å². The fraction of sp³-hybridized carbons (Fsp3) is 0.500. The van der Waals surface area contributed by atoms with Gasteiger partial charge in [0, 0.05) is 13.0 Å². The van der Waals surface area contributed by atoms with Crippen LogP contribution in [0.25, 0.3) is 0 Å². The summed E-state index contributed by atoms with van der Waals surface area (Å²) in [5.41, 5.74) is 0.354. The van der Waals surface area contributed by atoms with Gasteiger partial charge in [-0.25, -0.2) is 4.79 Å². The summed E-state index contributed by atoms with van der Waals surface area (Å²) in [5.74, 6) is -0.448. The fourth-order valence-electron chi connectivity index (χ4n) is 2.27. The van der Waals surface area contributed by atoms with Crippen molar-refractivity contribution >= 4 is 11.9 Å². The summed E-state index contributed by atoms with van der Waals surface area (Å²) >= 11 is 0. The quantitative estimate of drug-likeness (QED) is 0.803. The summed E-state index contributed by atoms with van der Waals surface area (Å²) in [6.07, 6.45) is -0.722. The number of aliphatic carboxylic acids is 1. The minimum Gasteiger partial charge on any atom is -0.480 e. The van der Waals surface area contributed by atoms with Crippen LogP contribution in [0.5, 0.6) is 0 Å². The zero-order chi connectivity index (χ0) is 13.4. The van der Waals surface area contributed by atoms with Gasteiger partial charge in [-0.2, -0.15) is 0 Å². The molecular weight excluding hydrogens is 238 g/mol. The minimum atomic E-state index is -1.10. The van der Waals surface area contributed by atoms with E-state index in [2.05, 4.69) is 0 Å². The molecule has 98 valence electrons. The van der Waals surface area contributed by atoms with Crippen molar-refractivity contribution in [1.82, 2.24) is 4.90 Å². The average molecular weight is 253 g/mol. The van der Waals surface area contributed by atoms with Crippen LogP contribution >= 0.6 is 0 Å². The average Bonchev–Trinajstić information content (AvgIpc) is 2.81. The molecule has 1 aliphatic rings. The molecule has 1 amide bonds. The molecule has 0 saturated carbocycles. The Morgan fingerprint density at radius 2 is 2.11 bits per heavy atom. The summed E-state index contributed by atoms with van der Waals surface area (Å²) in [4.78, 5) is 24.5. The van der Waals surface area contributed by atoms with E-state index in [1.165, 1.54) is 4.90 Å². The highest BCUT2D eigenvalue weighted by molar-refractivity contribution is 5.98. The number of amides is 1. The molecule has 0 unspecified atom stereocenters. The molecule has 2 N–H and O–H groups in total. The molecule has 0 bridgehead atoms. The van der Waals surface area contributed by atoms with Crippen LogP contribution in [0.3, 0.4) is 0 Å². The molecule has 0 aromatic carbocycles. The first kappa shape index (κ1) is 12.6. The van der Waals surface area contributed by atoms with E-state index in [-0.39, 0.29) is 13.0 Å². The monoisotopic (exact) mass is 253 g/mol. The molecule has 2 heterocycles. The first-order valence-electron chi connectivity index (χ1n) is 5.69. The van der Waals surface area contributed by atoms with Gasteiger partial charge >= 0.3 is 5.97 Å². The summed E-state index contributed by atoms with van der Waals surface area (Å²) in [5, 5.41) is 18.6. The van der Waals surface area contributed by atoms with Gasteiger partial charge in [0.1, 0.15) is 17.6 Å². The lowest BCUT2D eigenvalue weighted by atomic mass is 10.2. The van der Waals surface area contributed by atoms with Crippen molar-refractivity contribution in [2.75, 3.05) is 6.54 Å². The van der Waals surface area contributed by atoms with E-state index in [0.29, 0.717) is 17.1 Å². The molecule has 2 atom stereocenters. The molecule has 1 fully saturated rings. The highest BCUT2D eigenvalue weighted by atomic mass is 16.4. The lowest BCUT2D eigenvalue weighted by molar-refractivity contribution is -0.141. The summed E-state index contributed by atoms with van der Waals surface area (Å²) in [6, 6.07) is 0.614. The number of aliphatic hydroxyl groups excluding tert-OH is 1. The van der Waals surface area contributed by atoms with Crippen molar-refractivity contribution in [1.29, 1.82) is 0 Å². The van der Waals surface area contributed by atoms with Crippen LogP contribution in [0.2, 0.25) is 0 Å². The molecular formula is C12H15NO5. The number of likely N-dealkylation sites (tertiary alicyclic amines) is 1. The van der Waals surface area contributed by atoms with Crippen molar-refractivity contribution in [3.05, 3.63) is 23.2 Å². The van der Waals surface area contributed by atoms with Crippen LogP contribution in [0.4, 0.5) is 0 Å². The van der Waals surface area contributed by atoms with Crippen molar-refractivity contribution in [3.63, 3.8) is 0 Å². The standard InChI is InChI=1S/C12H15NO5/c1-6-3-9(7(2)18-6)11(15)13-5-8(14)4-10(13)12(16)17/h3,8,10,14H,4-5H2,1-2H3,(H,16,17)/t8-,10-/m0/s1. The van der Waals surface area contributed by atoms with Gasteiger partial charge in [-0.05, 0) is 19.9 Å². The maximum absolute atomic E-state index is 12.2. The number of carboxylic acid groups (broad SMARTS) is 1. The van der Waals surface area contributed by atoms with Crippen molar-refractivity contribution < 1.29 is 24.2 Å². The second-order valence-electron chi connectivity index (χ2n) is 4.53. The zero-order valence-electron chi connectivity index (χ0n) is 10.2. The Morgan fingerprint density at radius 3 is 2.61 bits per heavy atom. The third kappa shape index (κ3) is 2.11. The van der Waals surface area contributed by atoms with E-state index < -0.39 is 24.0 Å². The largest absolute Gasteiger partial charge is 0.480 e. The second kappa shape index (κ2) is 4.45. The predicted molar refractivity (Wildman–Crippen MR) is 61.3 cm³/mol. The molecule has 6 heteroatoms. The minimum absolute atomic E-state index is 0.0411. The highest BCUT2D eigenvalue weighted by Crippen LogP contribution is 2.23. The number of hydrogen-bond acceptors (Lipinski definition) is 4. The summed E-state index contributed by atoms with van der Waals surface area (Å²) < 4.78 is 5.26. The van der Waals surface area contributed by atoms with Crippen molar-refractivity contribution in [2.45, 2.75) is 32.4 Å². The maximum Gasteiger partial charge on any atom is 0.326 e. The lowest BCUT2D eigenvalue weighted by Crippen LogP contribution is -2.40. The Bertz CT molecular complexity index is 493. The number of aryl methyl sites for hydroxylation is 2. The summed E-state index contributed by atoms with van der Waals surface area (Å²) in [7, 11) is 0. The molecule has 0 aliphatic carbocycles. The summed E-state index contributed by atoms with van der Waals surface area (Å²) in [6.45, 7) is 3.42. The van der Waals surface area contributed by atoms with Crippen LogP contribution in [-0.2, 0) is 4.79 Å². The number of β-amino-alcohol motifs (C(OH)–C–C–N with tert-alkyl or cyclic N) is 1. The number of carbonyl (C=O) groups is 2. The number of hydrogen-bond donors (Lipinski definition) is 2. The third-order valence-electron chi connectivity index (χ3n) is 3.10. The van der Waals surface area contributed by atoms with Crippen molar-refractivity contribution in [3.8, 4) is 0 Å². The zero-order valence-corrected chi connectivity index (χ0v) is 10.2. The lowest BCUT2D eigenvalue weighted by Gasteiger charge is -2.20.